The highest BCUT2D eigenvalue weighted by atomic mass is 31.1. The van der Waals surface area contributed by atoms with Gasteiger partial charge in [-0.1, -0.05) is 60.7 Å². The maximum absolute atomic E-state index is 11.9. The molecule has 2 rings (SSSR count). The summed E-state index contributed by atoms with van der Waals surface area (Å²) in [5.41, 5.74) is 0.720. The predicted molar refractivity (Wildman–Crippen MR) is 79.3 cm³/mol. The molecule has 0 heterocycles. The van der Waals surface area contributed by atoms with E-state index in [1.165, 1.54) is 12.1 Å². The van der Waals surface area contributed by atoms with Crippen LogP contribution in [0.2, 0.25) is 0 Å². The Morgan fingerprint density at radius 2 is 1.48 bits per heavy atom. The largest absolute Gasteiger partial charge is 0.345 e. The molecule has 5 nitrogen and oxygen atoms in total. The summed E-state index contributed by atoms with van der Waals surface area (Å²) < 4.78 is 11.5. The number of rotatable bonds is 5. The number of carbonyl (C=O) groups is 2. The van der Waals surface area contributed by atoms with Crippen molar-refractivity contribution in [3.63, 3.8) is 0 Å². The molecule has 0 aliphatic heterocycles. The van der Waals surface area contributed by atoms with Crippen molar-refractivity contribution in [2.24, 2.45) is 0 Å². The molecular formula is C15H14NO4P. The fourth-order valence-corrected chi connectivity index (χ4v) is 2.58. The van der Waals surface area contributed by atoms with Crippen LogP contribution in [0.15, 0.2) is 60.7 Å². The van der Waals surface area contributed by atoms with Gasteiger partial charge >= 0.3 is 0 Å². The molecule has 2 aromatic carbocycles. The van der Waals surface area contributed by atoms with Crippen LogP contribution in [0.5, 0.6) is 0 Å². The molecule has 2 aromatic rings. The number of amides is 1. The number of ketones is 1. The highest BCUT2D eigenvalue weighted by Gasteiger charge is 2.24. The van der Waals surface area contributed by atoms with Crippen LogP contribution < -0.4 is 5.32 Å². The number of benzene rings is 2. The maximum atomic E-state index is 11.9. The van der Waals surface area contributed by atoms with E-state index in [9.17, 15) is 19.0 Å². The van der Waals surface area contributed by atoms with E-state index in [4.69, 9.17) is 0 Å². The van der Waals surface area contributed by atoms with Crippen molar-refractivity contribution in [3.05, 3.63) is 71.8 Å². The van der Waals surface area contributed by atoms with Crippen molar-refractivity contribution in [2.45, 2.75) is 5.78 Å². The van der Waals surface area contributed by atoms with Crippen LogP contribution in [0.1, 0.15) is 21.7 Å². The quantitative estimate of drug-likeness (QED) is 0.503. The molecule has 0 aromatic heterocycles. The number of Topliss-reactive ketones (excluding diaryl/α,β-unsaturated/α-hetero) is 1. The van der Waals surface area contributed by atoms with Crippen LogP contribution in [0.25, 0.3) is 0 Å². The van der Waals surface area contributed by atoms with Gasteiger partial charge in [0.2, 0.25) is 13.8 Å². The van der Waals surface area contributed by atoms with E-state index in [1.54, 1.807) is 48.5 Å². The molecule has 1 amide bonds. The minimum atomic E-state index is -3.07. The Morgan fingerprint density at radius 3 is 2.00 bits per heavy atom. The Labute approximate surface area is 122 Å². The zero-order chi connectivity index (χ0) is 15.2. The van der Waals surface area contributed by atoms with E-state index < -0.39 is 25.5 Å². The molecule has 0 fully saturated rings. The maximum Gasteiger partial charge on any atom is 0.293 e. The number of hydrogen-bond acceptors (Lipinski definition) is 3. The monoisotopic (exact) mass is 303 g/mol. The molecule has 2 unspecified atom stereocenters. The fourth-order valence-electron chi connectivity index (χ4n) is 1.85. The van der Waals surface area contributed by atoms with E-state index in [0.717, 1.165) is 0 Å². The molecule has 6 heteroatoms. The number of nitrogens with one attached hydrogen (secondary N) is 1. The van der Waals surface area contributed by atoms with Crippen molar-refractivity contribution in [1.82, 2.24) is 5.32 Å². The van der Waals surface area contributed by atoms with Crippen LogP contribution in [-0.2, 0) is 9.36 Å². The Balaban J connectivity index is 2.16. The zero-order valence-electron chi connectivity index (χ0n) is 11.0. The van der Waals surface area contributed by atoms with Crippen LogP contribution in [-0.4, -0.2) is 16.6 Å². The van der Waals surface area contributed by atoms with Gasteiger partial charge in [0.25, 0.3) is 5.91 Å². The first-order valence-electron chi connectivity index (χ1n) is 6.27. The standard InChI is InChI=1S/C15H14NO4P/c17-13(11-7-3-1-4-8-11)14(18)16-15(21(19)20)12-9-5-2-6-10-12/h1-10,15,21H,(H,16,18)(H,19,20). The van der Waals surface area contributed by atoms with Gasteiger partial charge in [0, 0.05) is 5.56 Å². The second kappa shape index (κ2) is 6.97. The third-order valence-electron chi connectivity index (χ3n) is 2.90. The van der Waals surface area contributed by atoms with Crippen molar-refractivity contribution in [2.75, 3.05) is 0 Å². The number of hydrogen-bond donors (Lipinski definition) is 2. The lowest BCUT2D eigenvalue weighted by atomic mass is 10.1. The Bertz CT molecular complexity index is 658. The lowest BCUT2D eigenvalue weighted by Gasteiger charge is -2.15. The topological polar surface area (TPSA) is 83.5 Å². The average Bonchev–Trinajstić information content (AvgIpc) is 2.53. The third-order valence-corrected chi connectivity index (χ3v) is 3.87. The zero-order valence-corrected chi connectivity index (χ0v) is 12.0. The Morgan fingerprint density at radius 1 is 0.952 bits per heavy atom. The average molecular weight is 303 g/mol. The lowest BCUT2D eigenvalue weighted by molar-refractivity contribution is -0.117. The summed E-state index contributed by atoms with van der Waals surface area (Å²) in [4.78, 5) is 33.3. The Hall–Kier alpha value is -2.23. The van der Waals surface area contributed by atoms with Gasteiger partial charge in [-0.25, -0.2) is 0 Å². The van der Waals surface area contributed by atoms with Crippen LogP contribution >= 0.6 is 8.03 Å². The molecule has 0 aliphatic rings. The summed E-state index contributed by atoms with van der Waals surface area (Å²) in [5, 5.41) is 2.33. The first-order chi connectivity index (χ1) is 10.1. The van der Waals surface area contributed by atoms with Gasteiger partial charge in [0.15, 0.2) is 0 Å². The highest BCUT2D eigenvalue weighted by Crippen LogP contribution is 2.34. The lowest BCUT2D eigenvalue weighted by Crippen LogP contribution is -2.33. The third kappa shape index (κ3) is 3.88. The molecule has 0 bridgehead atoms. The SMILES string of the molecule is O=C(NC(c1ccccc1)[PH](=O)O)C(=O)c1ccccc1. The molecule has 2 N–H and O–H groups in total. The van der Waals surface area contributed by atoms with Gasteiger partial charge in [0.05, 0.1) is 0 Å². The molecule has 0 saturated heterocycles. The Kier molecular flexibility index (Phi) is 5.04. The summed E-state index contributed by atoms with van der Waals surface area (Å²) >= 11 is 0. The molecule has 0 aliphatic carbocycles. The smallest absolute Gasteiger partial charge is 0.293 e. The summed E-state index contributed by atoms with van der Waals surface area (Å²) in [7, 11) is -3.07. The minimum absolute atomic E-state index is 0.236. The van der Waals surface area contributed by atoms with Crippen molar-refractivity contribution < 1.29 is 19.0 Å². The molecule has 21 heavy (non-hydrogen) atoms. The van der Waals surface area contributed by atoms with Gasteiger partial charge in [-0.2, -0.15) is 0 Å². The second-order valence-corrected chi connectivity index (χ2v) is 5.60. The molecular weight excluding hydrogens is 289 g/mol. The van der Waals surface area contributed by atoms with E-state index >= 15 is 0 Å². The van der Waals surface area contributed by atoms with E-state index in [0.29, 0.717) is 5.56 Å². The van der Waals surface area contributed by atoms with E-state index in [2.05, 4.69) is 5.32 Å². The normalized spacial score (nSPS) is 13.2. The molecule has 108 valence electrons. The predicted octanol–water partition coefficient (Wildman–Crippen LogP) is 2.15. The molecule has 0 radical (unpaired) electrons. The van der Waals surface area contributed by atoms with Crippen LogP contribution in [0.3, 0.4) is 0 Å². The van der Waals surface area contributed by atoms with Gasteiger partial charge in [-0.3, -0.25) is 14.2 Å². The summed E-state index contributed by atoms with van der Waals surface area (Å²) in [6, 6.07) is 16.4. The summed E-state index contributed by atoms with van der Waals surface area (Å²) in [5.74, 6) is -2.71. The first-order valence-corrected chi connectivity index (χ1v) is 7.71. The highest BCUT2D eigenvalue weighted by molar-refractivity contribution is 7.38. The van der Waals surface area contributed by atoms with Crippen LogP contribution in [0.4, 0.5) is 0 Å². The summed E-state index contributed by atoms with van der Waals surface area (Å²) in [6.07, 6.45) is 0. The van der Waals surface area contributed by atoms with Crippen molar-refractivity contribution in [3.8, 4) is 0 Å². The summed E-state index contributed by atoms with van der Waals surface area (Å²) in [6.45, 7) is 0. The molecule has 2 atom stereocenters. The van der Waals surface area contributed by atoms with Crippen molar-refractivity contribution >= 4 is 19.7 Å². The molecule has 0 spiro atoms. The first kappa shape index (κ1) is 15.2. The van der Waals surface area contributed by atoms with Crippen molar-refractivity contribution in [1.29, 1.82) is 0 Å². The van der Waals surface area contributed by atoms with E-state index in [1.807, 2.05) is 0 Å². The minimum Gasteiger partial charge on any atom is -0.345 e. The van der Waals surface area contributed by atoms with Gasteiger partial charge in [0.1, 0.15) is 5.78 Å². The van der Waals surface area contributed by atoms with Crippen LogP contribution in [0, 0.1) is 0 Å². The molecule has 0 saturated carbocycles. The fraction of sp³-hybridized carbons (Fsp3) is 0.0667. The van der Waals surface area contributed by atoms with Gasteiger partial charge < -0.3 is 10.2 Å². The van der Waals surface area contributed by atoms with E-state index in [-0.39, 0.29) is 5.56 Å². The van der Waals surface area contributed by atoms with Gasteiger partial charge in [-0.05, 0) is 5.56 Å². The van der Waals surface area contributed by atoms with Gasteiger partial charge in [-0.15, -0.1) is 0 Å². The number of carbonyl (C=O) groups excluding carboxylic acids is 2. The second-order valence-electron chi connectivity index (χ2n) is 4.35.